The number of urea groups is 1. The number of carbonyl (C=O) groups excluding carboxylic acids is 2. The molecule has 0 spiro atoms. The van der Waals surface area contributed by atoms with Crippen molar-refractivity contribution in [2.45, 2.75) is 32.5 Å². The number of benzene rings is 2. The number of aryl methyl sites for hydroxylation is 1. The minimum atomic E-state index is -0.521. The van der Waals surface area contributed by atoms with Gasteiger partial charge in [-0.1, -0.05) is 18.2 Å². The molecule has 1 atom stereocenters. The lowest BCUT2D eigenvalue weighted by atomic mass is 10.2. The number of fused-ring (bicyclic) bond motifs is 4. The number of aromatic nitrogens is 1. The fraction of sp³-hybridized carbons (Fsp3) is 0.273. The SMILES string of the molecule is CC1Oc2ccc(NC(=O)N3CCCn4c(cc5ccccc54)C3)cc2NC1=O. The smallest absolute Gasteiger partial charge is 0.322 e. The molecule has 1 aromatic heterocycles. The Hall–Kier alpha value is -3.48. The van der Waals surface area contributed by atoms with Crippen LogP contribution in [-0.2, 0) is 17.9 Å². The molecule has 148 valence electrons. The second-order valence-corrected chi connectivity index (χ2v) is 7.51. The van der Waals surface area contributed by atoms with E-state index in [2.05, 4.69) is 33.4 Å². The molecular formula is C22H22N4O3. The van der Waals surface area contributed by atoms with Crippen LogP contribution in [0, 0.1) is 0 Å². The first-order chi connectivity index (χ1) is 14.1. The van der Waals surface area contributed by atoms with E-state index in [1.807, 2.05) is 17.0 Å². The van der Waals surface area contributed by atoms with Crippen LogP contribution in [0.25, 0.3) is 10.9 Å². The summed E-state index contributed by atoms with van der Waals surface area (Å²) in [4.78, 5) is 26.6. The highest BCUT2D eigenvalue weighted by molar-refractivity contribution is 5.99. The third-order valence-electron chi connectivity index (χ3n) is 5.51. The number of hydrogen-bond acceptors (Lipinski definition) is 3. The molecule has 7 heteroatoms. The van der Waals surface area contributed by atoms with Gasteiger partial charge in [0, 0.05) is 30.0 Å². The van der Waals surface area contributed by atoms with Gasteiger partial charge in [0.25, 0.3) is 5.91 Å². The Bertz CT molecular complexity index is 1120. The number of nitrogens with one attached hydrogen (secondary N) is 2. The van der Waals surface area contributed by atoms with Gasteiger partial charge in [-0.15, -0.1) is 0 Å². The van der Waals surface area contributed by atoms with Gasteiger partial charge in [0.2, 0.25) is 0 Å². The summed E-state index contributed by atoms with van der Waals surface area (Å²) in [5.74, 6) is 0.413. The summed E-state index contributed by atoms with van der Waals surface area (Å²) in [6.45, 7) is 3.84. The summed E-state index contributed by atoms with van der Waals surface area (Å²) in [6, 6.07) is 15.6. The lowest BCUT2D eigenvalue weighted by Gasteiger charge is -2.24. The zero-order valence-corrected chi connectivity index (χ0v) is 16.1. The fourth-order valence-corrected chi connectivity index (χ4v) is 4.02. The molecule has 5 rings (SSSR count). The maximum absolute atomic E-state index is 12.9. The number of ether oxygens (including phenoxy) is 1. The molecule has 7 nitrogen and oxygen atoms in total. The molecule has 0 aliphatic carbocycles. The Morgan fingerprint density at radius 3 is 2.93 bits per heavy atom. The molecule has 29 heavy (non-hydrogen) atoms. The van der Waals surface area contributed by atoms with Crippen LogP contribution in [0.4, 0.5) is 16.2 Å². The maximum atomic E-state index is 12.9. The molecular weight excluding hydrogens is 368 g/mol. The second kappa shape index (κ2) is 6.84. The van der Waals surface area contributed by atoms with Crippen LogP contribution in [-0.4, -0.2) is 34.1 Å². The summed E-state index contributed by atoms with van der Waals surface area (Å²) in [5.41, 5.74) is 3.54. The molecule has 0 radical (unpaired) electrons. The van der Waals surface area contributed by atoms with Crippen molar-refractivity contribution in [2.75, 3.05) is 17.2 Å². The van der Waals surface area contributed by atoms with Gasteiger partial charge in [0.15, 0.2) is 6.10 Å². The fourth-order valence-electron chi connectivity index (χ4n) is 4.02. The molecule has 2 N–H and O–H groups in total. The van der Waals surface area contributed by atoms with Gasteiger partial charge < -0.3 is 24.8 Å². The second-order valence-electron chi connectivity index (χ2n) is 7.51. The van der Waals surface area contributed by atoms with Gasteiger partial charge in [-0.3, -0.25) is 4.79 Å². The predicted octanol–water partition coefficient (Wildman–Crippen LogP) is 3.80. The summed E-state index contributed by atoms with van der Waals surface area (Å²) in [6.07, 6.45) is 0.372. The first-order valence-corrected chi connectivity index (χ1v) is 9.83. The lowest BCUT2D eigenvalue weighted by Crippen LogP contribution is -2.35. The lowest BCUT2D eigenvalue weighted by molar-refractivity contribution is -0.122. The number of carbonyl (C=O) groups is 2. The van der Waals surface area contributed by atoms with Gasteiger partial charge >= 0.3 is 6.03 Å². The highest BCUT2D eigenvalue weighted by atomic mass is 16.5. The van der Waals surface area contributed by atoms with Crippen molar-refractivity contribution >= 4 is 34.2 Å². The molecule has 3 aromatic rings. The maximum Gasteiger partial charge on any atom is 0.322 e. The molecule has 2 aliphatic heterocycles. The molecule has 3 heterocycles. The van der Waals surface area contributed by atoms with Crippen molar-refractivity contribution in [2.24, 2.45) is 0 Å². The van der Waals surface area contributed by atoms with E-state index < -0.39 is 6.10 Å². The van der Waals surface area contributed by atoms with Crippen molar-refractivity contribution < 1.29 is 14.3 Å². The van der Waals surface area contributed by atoms with Crippen molar-refractivity contribution in [1.29, 1.82) is 0 Å². The van der Waals surface area contributed by atoms with Gasteiger partial charge in [-0.05, 0) is 49.1 Å². The third kappa shape index (κ3) is 3.18. The van der Waals surface area contributed by atoms with Crippen LogP contribution in [0.15, 0.2) is 48.5 Å². The molecule has 0 saturated heterocycles. The van der Waals surface area contributed by atoms with Crippen LogP contribution in [0.1, 0.15) is 19.0 Å². The Labute approximate surface area is 168 Å². The third-order valence-corrected chi connectivity index (χ3v) is 5.51. The molecule has 0 bridgehead atoms. The minimum Gasteiger partial charge on any atom is -0.479 e. The highest BCUT2D eigenvalue weighted by Gasteiger charge is 2.25. The van der Waals surface area contributed by atoms with E-state index in [0.717, 1.165) is 18.7 Å². The van der Waals surface area contributed by atoms with E-state index >= 15 is 0 Å². The van der Waals surface area contributed by atoms with Gasteiger partial charge in [-0.25, -0.2) is 4.79 Å². The predicted molar refractivity (Wildman–Crippen MR) is 111 cm³/mol. The van der Waals surface area contributed by atoms with Crippen molar-refractivity contribution in [3.8, 4) is 5.75 Å². The van der Waals surface area contributed by atoms with Gasteiger partial charge in [0.05, 0.1) is 12.2 Å². The van der Waals surface area contributed by atoms with E-state index in [0.29, 0.717) is 30.2 Å². The van der Waals surface area contributed by atoms with E-state index in [9.17, 15) is 9.59 Å². The Morgan fingerprint density at radius 2 is 2.03 bits per heavy atom. The molecule has 2 aromatic carbocycles. The van der Waals surface area contributed by atoms with Crippen LogP contribution in [0.5, 0.6) is 5.75 Å². The van der Waals surface area contributed by atoms with Gasteiger partial charge in [-0.2, -0.15) is 0 Å². The summed E-state index contributed by atoms with van der Waals surface area (Å²) in [7, 11) is 0. The first-order valence-electron chi connectivity index (χ1n) is 9.83. The number of amides is 3. The molecule has 1 unspecified atom stereocenters. The number of anilines is 2. The van der Waals surface area contributed by atoms with E-state index in [1.54, 1.807) is 25.1 Å². The molecule has 2 aliphatic rings. The summed E-state index contributed by atoms with van der Waals surface area (Å²) in [5, 5.41) is 6.96. The normalized spacial score (nSPS) is 18.3. The average Bonchev–Trinajstić information content (AvgIpc) is 2.91. The van der Waals surface area contributed by atoms with Crippen LogP contribution < -0.4 is 15.4 Å². The number of para-hydroxylation sites is 1. The van der Waals surface area contributed by atoms with Crippen LogP contribution >= 0.6 is 0 Å². The Balaban J connectivity index is 1.35. The molecule has 0 fully saturated rings. The Morgan fingerprint density at radius 1 is 1.17 bits per heavy atom. The highest BCUT2D eigenvalue weighted by Crippen LogP contribution is 2.32. The summed E-state index contributed by atoms with van der Waals surface area (Å²) >= 11 is 0. The van der Waals surface area contributed by atoms with Crippen molar-refractivity contribution in [3.05, 3.63) is 54.2 Å². The standard InChI is InChI=1S/C22H22N4O3/c1-14-21(27)24-18-12-16(7-8-20(18)29-14)23-22(28)25-9-4-10-26-17(13-25)11-15-5-2-3-6-19(15)26/h2-3,5-8,11-12,14H,4,9-10,13H2,1H3,(H,23,28)(H,24,27). The first kappa shape index (κ1) is 17.6. The van der Waals surface area contributed by atoms with E-state index in [-0.39, 0.29) is 11.9 Å². The van der Waals surface area contributed by atoms with E-state index in [1.165, 1.54) is 10.9 Å². The van der Waals surface area contributed by atoms with Crippen molar-refractivity contribution in [3.63, 3.8) is 0 Å². The zero-order valence-electron chi connectivity index (χ0n) is 16.1. The number of rotatable bonds is 1. The quantitative estimate of drug-likeness (QED) is 0.664. The van der Waals surface area contributed by atoms with Crippen LogP contribution in [0.2, 0.25) is 0 Å². The Kier molecular flexibility index (Phi) is 4.16. The average molecular weight is 390 g/mol. The largest absolute Gasteiger partial charge is 0.479 e. The van der Waals surface area contributed by atoms with Crippen molar-refractivity contribution in [1.82, 2.24) is 9.47 Å². The zero-order chi connectivity index (χ0) is 20.0. The monoisotopic (exact) mass is 390 g/mol. The van der Waals surface area contributed by atoms with E-state index in [4.69, 9.17) is 4.74 Å². The number of hydrogen-bond donors (Lipinski definition) is 2. The van der Waals surface area contributed by atoms with Gasteiger partial charge in [0.1, 0.15) is 5.75 Å². The van der Waals surface area contributed by atoms with Crippen LogP contribution in [0.3, 0.4) is 0 Å². The summed E-state index contributed by atoms with van der Waals surface area (Å²) < 4.78 is 7.87. The molecule has 0 saturated carbocycles. The minimum absolute atomic E-state index is 0.153. The topological polar surface area (TPSA) is 75.6 Å². The number of nitrogens with zero attached hydrogens (tertiary/aromatic N) is 2. The molecule has 3 amide bonds.